The molecule has 1 N–H and O–H groups in total. The number of nitrogens with one attached hydrogen (secondary N) is 1. The van der Waals surface area contributed by atoms with Crippen molar-refractivity contribution in [3.8, 4) is 6.07 Å². The monoisotopic (exact) mass is 249 g/mol. The van der Waals surface area contributed by atoms with Gasteiger partial charge >= 0.3 is 0 Å². The lowest BCUT2D eigenvalue weighted by atomic mass is 9.84. The minimum Gasteiger partial charge on any atom is -0.322 e. The average molecular weight is 249 g/mol. The Kier molecular flexibility index (Phi) is 3.37. The summed E-state index contributed by atoms with van der Waals surface area (Å²) in [7, 11) is 0. The summed E-state index contributed by atoms with van der Waals surface area (Å²) in [5.41, 5.74) is -0.0113. The second-order valence-electron chi connectivity index (χ2n) is 6.47. The molecule has 2 aliphatic rings. The molecule has 2 rings (SSSR count). The summed E-state index contributed by atoms with van der Waals surface area (Å²) >= 11 is 0. The first kappa shape index (κ1) is 13.4. The third-order valence-electron chi connectivity index (χ3n) is 4.74. The van der Waals surface area contributed by atoms with Gasteiger partial charge in [0.15, 0.2) is 0 Å². The van der Waals surface area contributed by atoms with Crippen molar-refractivity contribution in [2.24, 2.45) is 11.3 Å². The zero-order valence-corrected chi connectivity index (χ0v) is 11.7. The van der Waals surface area contributed by atoms with Crippen molar-refractivity contribution in [2.45, 2.75) is 58.7 Å². The van der Waals surface area contributed by atoms with Gasteiger partial charge in [-0.25, -0.2) is 0 Å². The van der Waals surface area contributed by atoms with Crippen LogP contribution < -0.4 is 5.32 Å². The van der Waals surface area contributed by atoms with E-state index in [1.165, 1.54) is 0 Å². The van der Waals surface area contributed by atoms with E-state index in [4.69, 9.17) is 0 Å². The van der Waals surface area contributed by atoms with Crippen molar-refractivity contribution in [3.05, 3.63) is 0 Å². The normalized spacial score (nSPS) is 38.7. The molecule has 2 fully saturated rings. The summed E-state index contributed by atoms with van der Waals surface area (Å²) in [5.74, 6) is 0.518. The molecule has 4 heteroatoms. The second kappa shape index (κ2) is 4.55. The first-order chi connectivity index (χ1) is 8.38. The predicted octanol–water partition coefficient (Wildman–Crippen LogP) is 1.52. The van der Waals surface area contributed by atoms with E-state index in [1.807, 2.05) is 4.90 Å². The van der Waals surface area contributed by atoms with Gasteiger partial charge in [0, 0.05) is 6.04 Å². The van der Waals surface area contributed by atoms with Crippen LogP contribution in [0.25, 0.3) is 0 Å². The van der Waals surface area contributed by atoms with Gasteiger partial charge in [0.05, 0.1) is 12.1 Å². The molecule has 0 saturated carbocycles. The maximum absolute atomic E-state index is 12.7. The van der Waals surface area contributed by atoms with Crippen LogP contribution in [0.2, 0.25) is 0 Å². The van der Waals surface area contributed by atoms with Gasteiger partial charge in [-0.15, -0.1) is 0 Å². The standard InChI is InChI=1S/C14H23N3O/c1-9-7-11(8-15)17(10(9)2)13(18)12-14(3,4)5-6-16-12/h9-12,16H,5-7H2,1-4H3/t9-,10?,11-,12+/m0/s1. The highest BCUT2D eigenvalue weighted by Gasteiger charge is 2.47. The topological polar surface area (TPSA) is 56.1 Å². The number of hydrogen-bond donors (Lipinski definition) is 1. The Hall–Kier alpha value is -1.08. The minimum absolute atomic E-state index is 0.0113. The molecule has 1 amide bonds. The molecule has 18 heavy (non-hydrogen) atoms. The van der Waals surface area contributed by atoms with Gasteiger partial charge in [-0.05, 0) is 37.6 Å². The number of rotatable bonds is 1. The van der Waals surface area contributed by atoms with Crippen LogP contribution in [0.1, 0.15) is 40.5 Å². The summed E-state index contributed by atoms with van der Waals surface area (Å²) in [6, 6.07) is 2.06. The van der Waals surface area contributed by atoms with Gasteiger partial charge in [0.25, 0.3) is 0 Å². The van der Waals surface area contributed by atoms with E-state index in [-0.39, 0.29) is 29.4 Å². The van der Waals surface area contributed by atoms with Crippen LogP contribution in [0.15, 0.2) is 0 Å². The number of carbonyl (C=O) groups excluding carboxylic acids is 1. The summed E-state index contributed by atoms with van der Waals surface area (Å²) in [4.78, 5) is 14.5. The molecular weight excluding hydrogens is 226 g/mol. The van der Waals surface area contributed by atoms with E-state index in [0.717, 1.165) is 19.4 Å². The molecule has 1 unspecified atom stereocenters. The van der Waals surface area contributed by atoms with E-state index in [1.54, 1.807) is 0 Å². The Morgan fingerprint density at radius 3 is 2.61 bits per heavy atom. The van der Waals surface area contributed by atoms with Crippen molar-refractivity contribution in [1.29, 1.82) is 5.26 Å². The van der Waals surface area contributed by atoms with Crippen LogP contribution in [0.5, 0.6) is 0 Å². The first-order valence-corrected chi connectivity index (χ1v) is 6.83. The quantitative estimate of drug-likeness (QED) is 0.766. The first-order valence-electron chi connectivity index (χ1n) is 6.83. The highest BCUT2D eigenvalue weighted by atomic mass is 16.2. The predicted molar refractivity (Wildman–Crippen MR) is 69.7 cm³/mol. The van der Waals surface area contributed by atoms with Crippen LogP contribution in [0, 0.1) is 22.7 Å². The van der Waals surface area contributed by atoms with Crippen molar-refractivity contribution in [2.75, 3.05) is 6.54 Å². The smallest absolute Gasteiger partial charge is 0.241 e. The highest BCUT2D eigenvalue weighted by Crippen LogP contribution is 2.35. The minimum atomic E-state index is -0.249. The lowest BCUT2D eigenvalue weighted by Gasteiger charge is -2.33. The van der Waals surface area contributed by atoms with Gasteiger partial charge in [-0.1, -0.05) is 20.8 Å². The highest BCUT2D eigenvalue weighted by molar-refractivity contribution is 5.84. The fourth-order valence-electron chi connectivity index (χ4n) is 3.22. The number of hydrogen-bond acceptors (Lipinski definition) is 3. The molecule has 4 nitrogen and oxygen atoms in total. The summed E-state index contributed by atoms with van der Waals surface area (Å²) < 4.78 is 0. The molecule has 0 aliphatic carbocycles. The van der Waals surface area contributed by atoms with Crippen molar-refractivity contribution in [3.63, 3.8) is 0 Å². The van der Waals surface area contributed by atoms with E-state index >= 15 is 0 Å². The van der Waals surface area contributed by atoms with Crippen molar-refractivity contribution in [1.82, 2.24) is 10.2 Å². The Morgan fingerprint density at radius 1 is 1.44 bits per heavy atom. The third-order valence-corrected chi connectivity index (χ3v) is 4.74. The third kappa shape index (κ3) is 2.01. The van der Waals surface area contributed by atoms with Crippen molar-refractivity contribution >= 4 is 5.91 Å². The molecule has 4 atom stereocenters. The van der Waals surface area contributed by atoms with Crippen LogP contribution in [-0.4, -0.2) is 35.5 Å². The number of amides is 1. The molecule has 100 valence electrons. The Morgan fingerprint density at radius 2 is 2.11 bits per heavy atom. The summed E-state index contributed by atoms with van der Waals surface area (Å²) in [6.45, 7) is 9.32. The average Bonchev–Trinajstić information content (AvgIpc) is 2.79. The molecule has 0 radical (unpaired) electrons. The molecule has 2 saturated heterocycles. The van der Waals surface area contributed by atoms with Crippen LogP contribution >= 0.6 is 0 Å². The van der Waals surface area contributed by atoms with E-state index in [9.17, 15) is 10.1 Å². The molecule has 0 aromatic rings. The molecule has 0 aromatic heterocycles. The van der Waals surface area contributed by atoms with Gasteiger partial charge in [0.1, 0.15) is 6.04 Å². The fraction of sp³-hybridized carbons (Fsp3) is 0.857. The molecule has 2 heterocycles. The van der Waals surface area contributed by atoms with Gasteiger partial charge < -0.3 is 10.2 Å². The zero-order chi connectivity index (χ0) is 13.5. The van der Waals surface area contributed by atoms with E-state index in [0.29, 0.717) is 5.92 Å². The zero-order valence-electron chi connectivity index (χ0n) is 11.7. The van der Waals surface area contributed by atoms with Crippen LogP contribution in [0.3, 0.4) is 0 Å². The SMILES string of the molecule is CC1[C@@H](C)C[C@@H](C#N)N1C(=O)[C@H]1NCCC1(C)C. The fourth-order valence-corrected chi connectivity index (χ4v) is 3.22. The second-order valence-corrected chi connectivity index (χ2v) is 6.47. The molecule has 0 aromatic carbocycles. The van der Waals surface area contributed by atoms with E-state index in [2.05, 4.69) is 39.1 Å². The Bertz CT molecular complexity index is 385. The number of likely N-dealkylation sites (tertiary alicyclic amines) is 1. The van der Waals surface area contributed by atoms with Crippen LogP contribution in [-0.2, 0) is 4.79 Å². The number of nitrogens with zero attached hydrogens (tertiary/aromatic N) is 2. The molecule has 0 bridgehead atoms. The van der Waals surface area contributed by atoms with Gasteiger partial charge in [-0.2, -0.15) is 5.26 Å². The molecule has 0 spiro atoms. The Labute approximate surface area is 109 Å². The molecular formula is C14H23N3O. The van der Waals surface area contributed by atoms with Gasteiger partial charge in [0.2, 0.25) is 5.91 Å². The van der Waals surface area contributed by atoms with Crippen LogP contribution in [0.4, 0.5) is 0 Å². The largest absolute Gasteiger partial charge is 0.322 e. The maximum Gasteiger partial charge on any atom is 0.241 e. The lowest BCUT2D eigenvalue weighted by Crippen LogP contribution is -2.52. The van der Waals surface area contributed by atoms with Crippen molar-refractivity contribution < 1.29 is 4.79 Å². The molecule has 2 aliphatic heterocycles. The number of nitriles is 1. The summed E-state index contributed by atoms with van der Waals surface area (Å²) in [5, 5.41) is 12.5. The number of carbonyl (C=O) groups is 1. The maximum atomic E-state index is 12.7. The van der Waals surface area contributed by atoms with Gasteiger partial charge in [-0.3, -0.25) is 4.79 Å². The Balaban J connectivity index is 2.20. The van der Waals surface area contributed by atoms with E-state index < -0.39 is 0 Å². The lowest BCUT2D eigenvalue weighted by molar-refractivity contribution is -0.137. The summed E-state index contributed by atoms with van der Waals surface area (Å²) in [6.07, 6.45) is 1.81.